The highest BCUT2D eigenvalue weighted by molar-refractivity contribution is 5.94. The van der Waals surface area contributed by atoms with Crippen LogP contribution in [0.3, 0.4) is 0 Å². The minimum atomic E-state index is -0.128. The fraction of sp³-hybridized carbons (Fsp3) is 0.409. The van der Waals surface area contributed by atoms with E-state index in [1.807, 2.05) is 49.4 Å². The van der Waals surface area contributed by atoms with E-state index in [1.165, 1.54) is 5.56 Å². The third-order valence-corrected chi connectivity index (χ3v) is 5.14. The van der Waals surface area contributed by atoms with Crippen LogP contribution in [0.4, 0.5) is 0 Å². The van der Waals surface area contributed by atoms with Crippen LogP contribution in [0, 0.1) is 0 Å². The Bertz CT molecular complexity index is 816. The summed E-state index contributed by atoms with van der Waals surface area (Å²) in [5, 5.41) is 3.06. The van der Waals surface area contributed by atoms with Gasteiger partial charge in [-0.1, -0.05) is 18.2 Å². The molecule has 148 valence electrons. The highest BCUT2D eigenvalue weighted by Gasteiger charge is 2.17. The van der Waals surface area contributed by atoms with E-state index in [4.69, 9.17) is 14.2 Å². The first-order valence-electron chi connectivity index (χ1n) is 9.78. The lowest BCUT2D eigenvalue weighted by Crippen LogP contribution is -2.35. The van der Waals surface area contributed by atoms with Crippen molar-refractivity contribution in [2.75, 3.05) is 39.5 Å². The molecule has 6 nitrogen and oxygen atoms in total. The number of ether oxygens (including phenoxy) is 3. The molecule has 0 radical (unpaired) electrons. The van der Waals surface area contributed by atoms with Crippen molar-refractivity contribution < 1.29 is 19.0 Å². The van der Waals surface area contributed by atoms with Gasteiger partial charge in [-0.15, -0.1) is 0 Å². The molecule has 1 amide bonds. The summed E-state index contributed by atoms with van der Waals surface area (Å²) in [5.41, 5.74) is 2.86. The molecule has 0 aliphatic carbocycles. The van der Waals surface area contributed by atoms with E-state index in [9.17, 15) is 4.79 Å². The predicted octanol–water partition coefficient (Wildman–Crippen LogP) is 2.78. The Balaban J connectivity index is 1.36. The van der Waals surface area contributed by atoms with Crippen LogP contribution in [0.15, 0.2) is 42.5 Å². The summed E-state index contributed by atoms with van der Waals surface area (Å²) in [5.74, 6) is 1.40. The van der Waals surface area contributed by atoms with Crippen molar-refractivity contribution in [1.29, 1.82) is 0 Å². The minimum Gasteiger partial charge on any atom is -0.486 e. The van der Waals surface area contributed by atoms with E-state index in [0.29, 0.717) is 18.8 Å². The summed E-state index contributed by atoms with van der Waals surface area (Å²) < 4.78 is 16.6. The molecule has 4 rings (SSSR count). The van der Waals surface area contributed by atoms with Gasteiger partial charge in [0.05, 0.1) is 19.3 Å². The SMILES string of the molecule is C[C@@H](NC(=O)c1ccc(CN2CCOCC2)cc1)c1ccc2c(c1)OCCO2. The van der Waals surface area contributed by atoms with E-state index in [2.05, 4.69) is 10.2 Å². The van der Waals surface area contributed by atoms with Crippen LogP contribution >= 0.6 is 0 Å². The zero-order valence-electron chi connectivity index (χ0n) is 16.1. The van der Waals surface area contributed by atoms with E-state index in [-0.39, 0.29) is 11.9 Å². The number of hydrogen-bond donors (Lipinski definition) is 1. The van der Waals surface area contributed by atoms with Gasteiger partial charge in [-0.05, 0) is 42.3 Å². The molecule has 0 unspecified atom stereocenters. The predicted molar refractivity (Wildman–Crippen MR) is 106 cm³/mol. The van der Waals surface area contributed by atoms with Gasteiger partial charge in [0.25, 0.3) is 5.91 Å². The van der Waals surface area contributed by atoms with Gasteiger partial charge in [-0.25, -0.2) is 0 Å². The van der Waals surface area contributed by atoms with Crippen LogP contribution in [0.2, 0.25) is 0 Å². The number of amides is 1. The van der Waals surface area contributed by atoms with Crippen molar-refractivity contribution in [3.63, 3.8) is 0 Å². The van der Waals surface area contributed by atoms with Gasteiger partial charge in [0, 0.05) is 25.2 Å². The van der Waals surface area contributed by atoms with Gasteiger partial charge < -0.3 is 19.5 Å². The molecular formula is C22H26N2O4. The number of fused-ring (bicyclic) bond motifs is 1. The van der Waals surface area contributed by atoms with Crippen molar-refractivity contribution in [1.82, 2.24) is 10.2 Å². The van der Waals surface area contributed by atoms with Crippen molar-refractivity contribution in [3.05, 3.63) is 59.2 Å². The first kappa shape index (κ1) is 18.8. The third kappa shape index (κ3) is 4.46. The first-order chi connectivity index (χ1) is 13.7. The molecule has 1 fully saturated rings. The van der Waals surface area contributed by atoms with Crippen LogP contribution < -0.4 is 14.8 Å². The van der Waals surface area contributed by atoms with Gasteiger partial charge in [-0.3, -0.25) is 9.69 Å². The third-order valence-electron chi connectivity index (χ3n) is 5.14. The van der Waals surface area contributed by atoms with E-state index < -0.39 is 0 Å². The van der Waals surface area contributed by atoms with Gasteiger partial charge in [0.1, 0.15) is 13.2 Å². The van der Waals surface area contributed by atoms with Crippen molar-refractivity contribution in [2.24, 2.45) is 0 Å². The quantitative estimate of drug-likeness (QED) is 0.862. The molecule has 0 bridgehead atoms. The molecule has 2 aliphatic heterocycles. The summed E-state index contributed by atoms with van der Waals surface area (Å²) in [6.45, 7) is 7.46. The number of rotatable bonds is 5. The smallest absolute Gasteiger partial charge is 0.251 e. The van der Waals surface area contributed by atoms with Gasteiger partial charge in [0.2, 0.25) is 0 Å². The molecule has 28 heavy (non-hydrogen) atoms. The first-order valence-corrected chi connectivity index (χ1v) is 9.78. The summed E-state index contributed by atoms with van der Waals surface area (Å²) in [6.07, 6.45) is 0. The number of nitrogens with zero attached hydrogens (tertiary/aromatic N) is 1. The molecule has 2 aliphatic rings. The molecular weight excluding hydrogens is 356 g/mol. The molecule has 2 aromatic rings. The van der Waals surface area contributed by atoms with Crippen LogP contribution in [0.1, 0.15) is 34.5 Å². The Labute approximate surface area is 165 Å². The van der Waals surface area contributed by atoms with Crippen molar-refractivity contribution in [3.8, 4) is 11.5 Å². The summed E-state index contributed by atoms with van der Waals surface area (Å²) in [6, 6.07) is 13.5. The lowest BCUT2D eigenvalue weighted by atomic mass is 10.1. The standard InChI is InChI=1S/C22H26N2O4/c1-16(19-6-7-20-21(14-19)28-13-12-27-20)23-22(25)18-4-2-17(3-5-18)15-24-8-10-26-11-9-24/h2-7,14,16H,8-13,15H2,1H3,(H,23,25)/t16-/m1/s1. The Morgan fingerprint density at radius 1 is 1.00 bits per heavy atom. The average molecular weight is 382 g/mol. The molecule has 0 saturated carbocycles. The summed E-state index contributed by atoms with van der Waals surface area (Å²) >= 11 is 0. The van der Waals surface area contributed by atoms with Gasteiger partial charge >= 0.3 is 0 Å². The monoisotopic (exact) mass is 382 g/mol. The number of hydrogen-bond acceptors (Lipinski definition) is 5. The second kappa shape index (κ2) is 8.63. The van der Waals surface area contributed by atoms with Crippen LogP contribution in [0.25, 0.3) is 0 Å². The number of carbonyl (C=O) groups excluding carboxylic acids is 1. The second-order valence-electron chi connectivity index (χ2n) is 7.18. The second-order valence-corrected chi connectivity index (χ2v) is 7.18. The summed E-state index contributed by atoms with van der Waals surface area (Å²) in [4.78, 5) is 15.0. The molecule has 0 spiro atoms. The fourth-order valence-corrected chi connectivity index (χ4v) is 3.47. The number of benzene rings is 2. The van der Waals surface area contributed by atoms with E-state index in [0.717, 1.165) is 49.9 Å². The lowest BCUT2D eigenvalue weighted by Gasteiger charge is -2.26. The molecule has 2 aromatic carbocycles. The fourth-order valence-electron chi connectivity index (χ4n) is 3.47. The van der Waals surface area contributed by atoms with E-state index >= 15 is 0 Å². The number of nitrogens with one attached hydrogen (secondary N) is 1. The summed E-state index contributed by atoms with van der Waals surface area (Å²) in [7, 11) is 0. The van der Waals surface area contributed by atoms with E-state index in [1.54, 1.807) is 0 Å². The highest BCUT2D eigenvalue weighted by atomic mass is 16.6. The van der Waals surface area contributed by atoms with Gasteiger partial charge in [-0.2, -0.15) is 0 Å². The maximum absolute atomic E-state index is 12.6. The Morgan fingerprint density at radius 3 is 2.46 bits per heavy atom. The molecule has 2 heterocycles. The topological polar surface area (TPSA) is 60.0 Å². The van der Waals surface area contributed by atoms with Crippen LogP contribution in [-0.2, 0) is 11.3 Å². The molecule has 6 heteroatoms. The molecule has 1 saturated heterocycles. The minimum absolute atomic E-state index is 0.0830. The Morgan fingerprint density at radius 2 is 1.71 bits per heavy atom. The van der Waals surface area contributed by atoms with Crippen LogP contribution in [0.5, 0.6) is 11.5 Å². The normalized spacial score (nSPS) is 17.8. The number of carbonyl (C=O) groups is 1. The zero-order valence-corrected chi connectivity index (χ0v) is 16.1. The number of morpholine rings is 1. The lowest BCUT2D eigenvalue weighted by molar-refractivity contribution is 0.0342. The highest BCUT2D eigenvalue weighted by Crippen LogP contribution is 2.32. The molecule has 1 atom stereocenters. The van der Waals surface area contributed by atoms with Crippen molar-refractivity contribution in [2.45, 2.75) is 19.5 Å². The maximum atomic E-state index is 12.6. The Kier molecular flexibility index (Phi) is 5.78. The zero-order chi connectivity index (χ0) is 19.3. The molecule has 0 aromatic heterocycles. The Hall–Kier alpha value is -2.57. The van der Waals surface area contributed by atoms with Crippen LogP contribution in [-0.4, -0.2) is 50.3 Å². The molecule has 1 N–H and O–H groups in total. The van der Waals surface area contributed by atoms with Crippen molar-refractivity contribution >= 4 is 5.91 Å². The average Bonchev–Trinajstić information content (AvgIpc) is 2.74. The van der Waals surface area contributed by atoms with Gasteiger partial charge in [0.15, 0.2) is 11.5 Å². The maximum Gasteiger partial charge on any atom is 0.251 e. The largest absolute Gasteiger partial charge is 0.486 e.